The van der Waals surface area contributed by atoms with Crippen molar-refractivity contribution in [2.75, 3.05) is 0 Å². The Kier molecular flexibility index (Phi) is 5.27. The van der Waals surface area contributed by atoms with E-state index in [2.05, 4.69) is 65.2 Å². The lowest BCUT2D eigenvalue weighted by molar-refractivity contribution is 0.0919. The van der Waals surface area contributed by atoms with Crippen molar-refractivity contribution in [2.45, 2.75) is 39.7 Å². The molecule has 2 nitrogen and oxygen atoms in total. The van der Waals surface area contributed by atoms with Gasteiger partial charge < -0.3 is 5.32 Å². The third kappa shape index (κ3) is 4.57. The highest BCUT2D eigenvalue weighted by molar-refractivity contribution is 14.1. The van der Waals surface area contributed by atoms with Crippen LogP contribution < -0.4 is 5.32 Å². The molecule has 0 atom stereocenters. The summed E-state index contributed by atoms with van der Waals surface area (Å²) in [4.78, 5) is 12.4. The predicted molar refractivity (Wildman–Crippen MR) is 101 cm³/mol. The number of halogens is 1. The first kappa shape index (κ1) is 17.0. The SMILES string of the molecule is CCc1ccc(-c2cc(I)cc(C(=O)NC(C)(C)C)c2)cc1. The molecule has 1 N–H and O–H groups in total. The van der Waals surface area contributed by atoms with Gasteiger partial charge in [0.2, 0.25) is 0 Å². The van der Waals surface area contributed by atoms with Gasteiger partial charge in [0, 0.05) is 14.7 Å². The predicted octanol–water partition coefficient (Wildman–Crippen LogP) is 5.05. The van der Waals surface area contributed by atoms with Crippen LogP contribution in [0.1, 0.15) is 43.6 Å². The minimum absolute atomic E-state index is 0.0301. The van der Waals surface area contributed by atoms with Gasteiger partial charge in [-0.1, -0.05) is 31.2 Å². The van der Waals surface area contributed by atoms with Gasteiger partial charge in [0.1, 0.15) is 0 Å². The van der Waals surface area contributed by atoms with Gasteiger partial charge in [-0.2, -0.15) is 0 Å². The molecule has 0 radical (unpaired) electrons. The molecule has 0 bridgehead atoms. The van der Waals surface area contributed by atoms with Gasteiger partial charge in [-0.05, 0) is 84.7 Å². The highest BCUT2D eigenvalue weighted by Gasteiger charge is 2.16. The summed E-state index contributed by atoms with van der Waals surface area (Å²) in [6, 6.07) is 14.5. The molecular formula is C19H22INO. The van der Waals surface area contributed by atoms with Gasteiger partial charge in [0.15, 0.2) is 0 Å². The van der Waals surface area contributed by atoms with Crippen LogP contribution in [0.2, 0.25) is 0 Å². The topological polar surface area (TPSA) is 29.1 Å². The third-order valence-corrected chi connectivity index (χ3v) is 3.97. The zero-order valence-electron chi connectivity index (χ0n) is 13.5. The minimum Gasteiger partial charge on any atom is -0.347 e. The Hall–Kier alpha value is -1.36. The van der Waals surface area contributed by atoms with E-state index < -0.39 is 0 Å². The van der Waals surface area contributed by atoms with Crippen molar-refractivity contribution >= 4 is 28.5 Å². The van der Waals surface area contributed by atoms with E-state index in [1.165, 1.54) is 5.56 Å². The van der Waals surface area contributed by atoms with Crippen LogP contribution in [0.5, 0.6) is 0 Å². The fourth-order valence-corrected chi connectivity index (χ4v) is 2.90. The van der Waals surface area contributed by atoms with Crippen LogP contribution in [0.25, 0.3) is 11.1 Å². The zero-order valence-corrected chi connectivity index (χ0v) is 15.7. The largest absolute Gasteiger partial charge is 0.347 e. The van der Waals surface area contributed by atoms with Crippen LogP contribution in [0, 0.1) is 3.57 Å². The first-order valence-corrected chi connectivity index (χ1v) is 8.59. The third-order valence-electron chi connectivity index (χ3n) is 3.34. The summed E-state index contributed by atoms with van der Waals surface area (Å²) in [6.45, 7) is 8.12. The van der Waals surface area contributed by atoms with E-state index in [4.69, 9.17) is 0 Å². The van der Waals surface area contributed by atoms with Crippen LogP contribution in [-0.2, 0) is 6.42 Å². The van der Waals surface area contributed by atoms with Gasteiger partial charge in [0.05, 0.1) is 0 Å². The van der Waals surface area contributed by atoms with Crippen molar-refractivity contribution in [3.63, 3.8) is 0 Å². The van der Waals surface area contributed by atoms with Crippen LogP contribution >= 0.6 is 22.6 Å². The van der Waals surface area contributed by atoms with E-state index in [-0.39, 0.29) is 11.4 Å². The van der Waals surface area contributed by atoms with E-state index in [9.17, 15) is 4.79 Å². The Bertz CT molecular complexity index is 669. The standard InChI is InChI=1S/C19H22INO/c1-5-13-6-8-14(9-7-13)15-10-16(12-17(20)11-15)18(22)21-19(2,3)4/h6-12H,5H2,1-4H3,(H,21,22). The average Bonchev–Trinajstić information content (AvgIpc) is 2.45. The molecule has 0 aliphatic heterocycles. The number of nitrogens with one attached hydrogen (secondary N) is 1. The second kappa shape index (κ2) is 6.82. The Morgan fingerprint density at radius 2 is 1.68 bits per heavy atom. The summed E-state index contributed by atoms with van der Waals surface area (Å²) in [6.07, 6.45) is 1.03. The lowest BCUT2D eigenvalue weighted by atomic mass is 10.0. The van der Waals surface area contributed by atoms with Gasteiger partial charge in [-0.25, -0.2) is 0 Å². The zero-order chi connectivity index (χ0) is 16.3. The van der Waals surface area contributed by atoms with Crippen molar-refractivity contribution in [3.05, 3.63) is 57.2 Å². The van der Waals surface area contributed by atoms with Crippen LogP contribution in [0.3, 0.4) is 0 Å². The highest BCUT2D eigenvalue weighted by Crippen LogP contribution is 2.24. The summed E-state index contributed by atoms with van der Waals surface area (Å²) in [7, 11) is 0. The van der Waals surface area contributed by atoms with Crippen molar-refractivity contribution in [2.24, 2.45) is 0 Å². The maximum absolute atomic E-state index is 12.4. The molecule has 2 aromatic carbocycles. The van der Waals surface area contributed by atoms with Crippen LogP contribution in [0.4, 0.5) is 0 Å². The van der Waals surface area contributed by atoms with Gasteiger partial charge in [-0.15, -0.1) is 0 Å². The van der Waals surface area contributed by atoms with Gasteiger partial charge in [-0.3, -0.25) is 4.79 Å². The normalized spacial score (nSPS) is 11.3. The van der Waals surface area contributed by atoms with Crippen LogP contribution in [0.15, 0.2) is 42.5 Å². The fraction of sp³-hybridized carbons (Fsp3) is 0.316. The Morgan fingerprint density at radius 3 is 2.23 bits per heavy atom. The lowest BCUT2D eigenvalue weighted by Gasteiger charge is -2.20. The van der Waals surface area contributed by atoms with Crippen LogP contribution in [-0.4, -0.2) is 11.4 Å². The Morgan fingerprint density at radius 1 is 1.05 bits per heavy atom. The molecule has 0 fully saturated rings. The fourth-order valence-electron chi connectivity index (χ4n) is 2.23. The van der Waals surface area contributed by atoms with E-state index in [0.717, 1.165) is 21.1 Å². The van der Waals surface area contributed by atoms with Gasteiger partial charge >= 0.3 is 0 Å². The molecule has 2 rings (SSSR count). The number of benzene rings is 2. The molecule has 1 amide bonds. The quantitative estimate of drug-likeness (QED) is 0.709. The molecule has 2 aromatic rings. The number of hydrogen-bond donors (Lipinski definition) is 1. The molecule has 0 spiro atoms. The number of amides is 1. The summed E-state index contributed by atoms with van der Waals surface area (Å²) >= 11 is 2.26. The molecule has 3 heteroatoms. The summed E-state index contributed by atoms with van der Waals surface area (Å²) < 4.78 is 1.06. The molecule has 22 heavy (non-hydrogen) atoms. The van der Waals surface area contributed by atoms with E-state index in [0.29, 0.717) is 5.56 Å². The van der Waals surface area contributed by atoms with E-state index in [1.54, 1.807) is 0 Å². The maximum atomic E-state index is 12.4. The summed E-state index contributed by atoms with van der Waals surface area (Å²) in [5, 5.41) is 3.02. The molecular weight excluding hydrogens is 385 g/mol. The summed E-state index contributed by atoms with van der Waals surface area (Å²) in [5.41, 5.74) is 4.01. The van der Waals surface area contributed by atoms with E-state index >= 15 is 0 Å². The first-order valence-electron chi connectivity index (χ1n) is 7.51. The molecule has 0 heterocycles. The second-order valence-corrected chi connectivity index (χ2v) is 7.73. The monoisotopic (exact) mass is 407 g/mol. The van der Waals surface area contributed by atoms with Crippen molar-refractivity contribution < 1.29 is 4.79 Å². The number of carbonyl (C=O) groups is 1. The van der Waals surface area contributed by atoms with Crippen molar-refractivity contribution in [1.82, 2.24) is 5.32 Å². The summed E-state index contributed by atoms with van der Waals surface area (Å²) in [5.74, 6) is -0.0301. The minimum atomic E-state index is -0.235. The molecule has 0 aromatic heterocycles. The maximum Gasteiger partial charge on any atom is 0.251 e. The smallest absolute Gasteiger partial charge is 0.251 e. The van der Waals surface area contributed by atoms with Crippen molar-refractivity contribution in [3.8, 4) is 11.1 Å². The second-order valence-electron chi connectivity index (χ2n) is 6.48. The number of hydrogen-bond acceptors (Lipinski definition) is 1. The average molecular weight is 407 g/mol. The molecule has 0 saturated carbocycles. The number of aryl methyl sites for hydroxylation is 1. The molecule has 0 aliphatic carbocycles. The molecule has 0 unspecified atom stereocenters. The van der Waals surface area contributed by atoms with Gasteiger partial charge in [0.25, 0.3) is 5.91 Å². The number of rotatable bonds is 3. The highest BCUT2D eigenvalue weighted by atomic mass is 127. The number of carbonyl (C=O) groups excluding carboxylic acids is 1. The molecule has 0 aliphatic rings. The van der Waals surface area contributed by atoms with Crippen molar-refractivity contribution in [1.29, 1.82) is 0 Å². The molecule has 116 valence electrons. The lowest BCUT2D eigenvalue weighted by Crippen LogP contribution is -2.40. The Labute approximate surface area is 146 Å². The van der Waals surface area contributed by atoms with E-state index in [1.807, 2.05) is 32.9 Å². The molecule has 0 saturated heterocycles. The Balaban J connectivity index is 2.35. The first-order chi connectivity index (χ1) is 10.3.